The smallest absolute Gasteiger partial charge is 0.256 e. The zero-order valence-corrected chi connectivity index (χ0v) is 19.3. The fraction of sp³-hybridized carbons (Fsp3) is 0.148. The summed E-state index contributed by atoms with van der Waals surface area (Å²) in [5.74, 6) is -0.308. The third kappa shape index (κ3) is 3.94. The molecule has 0 fully saturated rings. The van der Waals surface area contributed by atoms with Gasteiger partial charge in [0.05, 0.1) is 16.8 Å². The van der Waals surface area contributed by atoms with E-state index in [0.29, 0.717) is 16.8 Å². The molecule has 33 heavy (non-hydrogen) atoms. The van der Waals surface area contributed by atoms with Gasteiger partial charge in [0.15, 0.2) is 0 Å². The number of anilines is 1. The molecule has 2 aromatic carbocycles. The van der Waals surface area contributed by atoms with Crippen LogP contribution in [-0.2, 0) is 6.42 Å². The molecule has 6 heteroatoms. The van der Waals surface area contributed by atoms with Crippen molar-refractivity contribution in [1.29, 1.82) is 0 Å². The van der Waals surface area contributed by atoms with Gasteiger partial charge in [0.2, 0.25) is 0 Å². The Morgan fingerprint density at radius 2 is 1.88 bits per heavy atom. The van der Waals surface area contributed by atoms with Crippen LogP contribution in [0.1, 0.15) is 48.8 Å². The number of benzene rings is 2. The maximum absolute atomic E-state index is 13.6. The third-order valence-electron chi connectivity index (χ3n) is 5.99. The lowest BCUT2D eigenvalue weighted by atomic mass is 9.99. The van der Waals surface area contributed by atoms with Gasteiger partial charge in [-0.25, -0.2) is 4.98 Å². The number of thiophene rings is 1. The molecule has 0 radical (unpaired) electrons. The van der Waals surface area contributed by atoms with Crippen LogP contribution in [0.3, 0.4) is 0 Å². The van der Waals surface area contributed by atoms with Crippen LogP contribution in [0.2, 0.25) is 0 Å². The SMILES string of the molecule is CNC(=O)c1ccc(NC(=O)c2c3c(nc4ccccc24)/C(=C\c2cccs2)CC3)c(C)c1. The van der Waals surface area contributed by atoms with Gasteiger partial charge in [0.1, 0.15) is 0 Å². The Labute approximate surface area is 196 Å². The van der Waals surface area contributed by atoms with Gasteiger partial charge in [-0.1, -0.05) is 24.3 Å². The summed E-state index contributed by atoms with van der Waals surface area (Å²) in [6, 6.07) is 17.2. The van der Waals surface area contributed by atoms with Gasteiger partial charge >= 0.3 is 0 Å². The maximum Gasteiger partial charge on any atom is 0.256 e. The molecule has 4 aromatic rings. The van der Waals surface area contributed by atoms with Crippen LogP contribution < -0.4 is 10.6 Å². The van der Waals surface area contributed by atoms with E-state index >= 15 is 0 Å². The molecule has 2 heterocycles. The fourth-order valence-corrected chi connectivity index (χ4v) is 5.04. The van der Waals surface area contributed by atoms with Crippen LogP contribution in [0.5, 0.6) is 0 Å². The number of carbonyl (C=O) groups is 2. The molecule has 1 aliphatic carbocycles. The first-order valence-corrected chi connectivity index (χ1v) is 11.7. The molecule has 2 N–H and O–H groups in total. The molecule has 0 aliphatic heterocycles. The monoisotopic (exact) mass is 453 g/mol. The number of fused-ring (bicyclic) bond motifs is 2. The highest BCUT2D eigenvalue weighted by molar-refractivity contribution is 7.10. The topological polar surface area (TPSA) is 71.1 Å². The summed E-state index contributed by atoms with van der Waals surface area (Å²) >= 11 is 1.69. The van der Waals surface area contributed by atoms with Crippen molar-refractivity contribution in [1.82, 2.24) is 10.3 Å². The van der Waals surface area contributed by atoms with Gasteiger partial charge in [-0.15, -0.1) is 11.3 Å². The fourth-order valence-electron chi connectivity index (χ4n) is 4.36. The van der Waals surface area contributed by atoms with E-state index in [0.717, 1.165) is 40.6 Å². The molecule has 0 saturated heterocycles. The van der Waals surface area contributed by atoms with Crippen molar-refractivity contribution in [3.63, 3.8) is 0 Å². The number of pyridine rings is 1. The van der Waals surface area contributed by atoms with Gasteiger partial charge in [0.25, 0.3) is 11.8 Å². The van der Waals surface area contributed by atoms with Crippen molar-refractivity contribution in [2.45, 2.75) is 19.8 Å². The Kier molecular flexibility index (Phi) is 5.52. The Bertz CT molecular complexity index is 1420. The van der Waals surface area contributed by atoms with Crippen molar-refractivity contribution in [3.8, 4) is 0 Å². The number of rotatable bonds is 4. The van der Waals surface area contributed by atoms with Gasteiger partial charge in [-0.2, -0.15) is 0 Å². The summed E-state index contributed by atoms with van der Waals surface area (Å²) in [5.41, 5.74) is 6.65. The van der Waals surface area contributed by atoms with E-state index in [4.69, 9.17) is 4.98 Å². The highest BCUT2D eigenvalue weighted by atomic mass is 32.1. The number of aromatic nitrogens is 1. The Balaban J connectivity index is 1.57. The Hall–Kier alpha value is -3.77. The second-order valence-electron chi connectivity index (χ2n) is 8.08. The van der Waals surface area contributed by atoms with Gasteiger partial charge < -0.3 is 10.6 Å². The highest BCUT2D eigenvalue weighted by Gasteiger charge is 2.27. The van der Waals surface area contributed by atoms with Gasteiger partial charge in [-0.3, -0.25) is 9.59 Å². The molecule has 2 amide bonds. The lowest BCUT2D eigenvalue weighted by molar-refractivity contribution is 0.0962. The maximum atomic E-state index is 13.6. The summed E-state index contributed by atoms with van der Waals surface area (Å²) in [4.78, 5) is 31.7. The number of nitrogens with one attached hydrogen (secondary N) is 2. The van der Waals surface area contributed by atoms with E-state index in [1.54, 1.807) is 36.6 Å². The van der Waals surface area contributed by atoms with Crippen LogP contribution in [0.15, 0.2) is 60.0 Å². The van der Waals surface area contributed by atoms with Gasteiger partial charge in [-0.05, 0) is 78.3 Å². The zero-order valence-electron chi connectivity index (χ0n) is 18.4. The van der Waals surface area contributed by atoms with Crippen molar-refractivity contribution in [3.05, 3.63) is 92.8 Å². The summed E-state index contributed by atoms with van der Waals surface area (Å²) in [5, 5.41) is 8.62. The van der Waals surface area contributed by atoms with Crippen molar-refractivity contribution in [2.75, 3.05) is 12.4 Å². The van der Waals surface area contributed by atoms with Crippen molar-refractivity contribution < 1.29 is 9.59 Å². The molecule has 0 saturated carbocycles. The van der Waals surface area contributed by atoms with Crippen LogP contribution in [-0.4, -0.2) is 23.8 Å². The normalized spacial score (nSPS) is 13.8. The number of aryl methyl sites for hydroxylation is 1. The number of carbonyl (C=O) groups excluding carboxylic acids is 2. The molecular weight excluding hydrogens is 430 g/mol. The number of para-hydroxylation sites is 1. The minimum Gasteiger partial charge on any atom is -0.355 e. The van der Waals surface area contributed by atoms with Gasteiger partial charge in [0, 0.05) is 28.6 Å². The first kappa shape index (κ1) is 21.1. The first-order chi connectivity index (χ1) is 16.0. The van der Waals surface area contributed by atoms with Crippen molar-refractivity contribution >= 4 is 51.4 Å². The second-order valence-corrected chi connectivity index (χ2v) is 9.06. The van der Waals surface area contributed by atoms with Crippen LogP contribution in [0, 0.1) is 6.92 Å². The third-order valence-corrected chi connectivity index (χ3v) is 6.81. The molecule has 5 rings (SSSR count). The largest absolute Gasteiger partial charge is 0.355 e. The summed E-state index contributed by atoms with van der Waals surface area (Å²) < 4.78 is 0. The quantitative estimate of drug-likeness (QED) is 0.416. The molecule has 0 atom stereocenters. The van der Waals surface area contributed by atoms with E-state index < -0.39 is 0 Å². The molecule has 2 aromatic heterocycles. The van der Waals surface area contributed by atoms with E-state index in [1.165, 1.54) is 10.5 Å². The summed E-state index contributed by atoms with van der Waals surface area (Å²) in [6.45, 7) is 1.89. The second kappa shape index (κ2) is 8.64. The number of allylic oxidation sites excluding steroid dienone is 1. The molecule has 164 valence electrons. The Morgan fingerprint density at radius 3 is 2.64 bits per heavy atom. The van der Waals surface area contributed by atoms with Crippen molar-refractivity contribution in [2.24, 2.45) is 0 Å². The minimum atomic E-state index is -0.155. The van der Waals surface area contributed by atoms with E-state index in [2.05, 4.69) is 28.2 Å². The van der Waals surface area contributed by atoms with E-state index in [9.17, 15) is 9.59 Å². The number of amides is 2. The molecule has 1 aliphatic rings. The average molecular weight is 454 g/mol. The van der Waals surface area contributed by atoms with Crippen LogP contribution in [0.4, 0.5) is 5.69 Å². The summed E-state index contributed by atoms with van der Waals surface area (Å²) in [6.07, 6.45) is 3.82. The molecule has 0 unspecified atom stereocenters. The standard InChI is InChI=1S/C27H23N3O2S/c1-16-14-18(26(31)28-2)10-12-22(16)30-27(32)24-20-7-3-4-8-23(20)29-25-17(9-11-21(24)25)15-19-6-5-13-33-19/h3-8,10,12-15H,9,11H2,1-2H3,(H,28,31)(H,30,32)/b17-15-. The molecular formula is C27H23N3O2S. The first-order valence-electron chi connectivity index (χ1n) is 10.9. The lowest BCUT2D eigenvalue weighted by Crippen LogP contribution is -2.19. The lowest BCUT2D eigenvalue weighted by Gasteiger charge is -2.14. The van der Waals surface area contributed by atoms with E-state index in [1.807, 2.05) is 37.3 Å². The number of hydrogen-bond donors (Lipinski definition) is 2. The average Bonchev–Trinajstić information content (AvgIpc) is 3.48. The van der Waals surface area contributed by atoms with Crippen LogP contribution >= 0.6 is 11.3 Å². The minimum absolute atomic E-state index is 0.154. The van der Waals surface area contributed by atoms with E-state index in [-0.39, 0.29) is 11.8 Å². The zero-order chi connectivity index (χ0) is 22.9. The number of hydrogen-bond acceptors (Lipinski definition) is 4. The molecule has 5 nitrogen and oxygen atoms in total. The summed E-state index contributed by atoms with van der Waals surface area (Å²) in [7, 11) is 1.60. The molecule has 0 spiro atoms. The van der Waals surface area contributed by atoms with Crippen LogP contribution in [0.25, 0.3) is 22.6 Å². The molecule has 0 bridgehead atoms. The predicted molar refractivity (Wildman–Crippen MR) is 135 cm³/mol. The highest BCUT2D eigenvalue weighted by Crippen LogP contribution is 2.38. The number of nitrogens with zero attached hydrogens (tertiary/aromatic N) is 1. The predicted octanol–water partition coefficient (Wildman–Crippen LogP) is 5.70. The Morgan fingerprint density at radius 1 is 1.03 bits per heavy atom.